The lowest BCUT2D eigenvalue weighted by Gasteiger charge is -2.27. The number of thioether (sulfide) groups is 2. The van der Waals surface area contributed by atoms with Crippen molar-refractivity contribution in [2.24, 2.45) is 35.5 Å². The van der Waals surface area contributed by atoms with E-state index < -0.39 is 0 Å². The number of hydrogen-bond donors (Lipinski definition) is 2. The lowest BCUT2D eigenvalue weighted by atomic mass is 9.95. The number of H-pyrrole nitrogens is 2. The number of rotatable bonds is 36. The van der Waals surface area contributed by atoms with Crippen LogP contribution in [0.1, 0.15) is 225 Å². The highest BCUT2D eigenvalue weighted by atomic mass is 32.2. The third-order valence-corrected chi connectivity index (χ3v) is 22.1. The SMILES string of the molecule is CCCCCCCCCCCCSc1cc2cc3c(cc2cc1SCCCCCCCCCCCC)-c1cc2[nH]c(cc4nc(cc5[nH]c(cc-3n1)c1cccc(OC(C(C)C)C(C)C)c51)-c1cccc(OC(C(C)C)C(C)C)c1-4)c1cccc(OC(C(C)C)C(C)C)c21. The maximum absolute atomic E-state index is 7.24. The van der Waals surface area contributed by atoms with Gasteiger partial charge in [0.25, 0.3) is 0 Å². The van der Waals surface area contributed by atoms with Gasteiger partial charge >= 0.3 is 0 Å². The molecule has 0 spiro atoms. The summed E-state index contributed by atoms with van der Waals surface area (Å²) in [6, 6.07) is 38.6. The van der Waals surface area contributed by atoms with E-state index in [1.54, 1.807) is 0 Å². The van der Waals surface area contributed by atoms with E-state index in [0.29, 0.717) is 35.5 Å². The smallest absolute Gasteiger partial charge is 0.129 e. The molecule has 0 aliphatic carbocycles. The van der Waals surface area contributed by atoms with E-state index in [2.05, 4.69) is 234 Å². The van der Waals surface area contributed by atoms with E-state index in [0.717, 1.165) is 117 Å². The summed E-state index contributed by atoms with van der Waals surface area (Å²) in [7, 11) is 0. The zero-order chi connectivity index (χ0) is 66.4. The third kappa shape index (κ3) is 17.3. The molecule has 0 saturated heterocycles. The van der Waals surface area contributed by atoms with Gasteiger partial charge in [-0.3, -0.25) is 0 Å². The second-order valence-corrected chi connectivity index (χ2v) is 31.9. The Morgan fingerprint density at radius 1 is 0.340 bits per heavy atom. The fourth-order valence-electron chi connectivity index (χ4n) is 14.9. The van der Waals surface area contributed by atoms with Gasteiger partial charge in [-0.1, -0.05) is 249 Å². The number of hydrogen-bond acceptors (Lipinski definition) is 7. The van der Waals surface area contributed by atoms with Gasteiger partial charge < -0.3 is 24.2 Å². The summed E-state index contributed by atoms with van der Waals surface area (Å²) in [6.07, 6.45) is 27.0. The van der Waals surface area contributed by atoms with Gasteiger partial charge in [-0.2, -0.15) is 0 Å². The van der Waals surface area contributed by atoms with Crippen LogP contribution in [0.25, 0.3) is 99.4 Å². The largest absolute Gasteiger partial charge is 0.489 e. The molecule has 2 aliphatic heterocycles. The van der Waals surface area contributed by atoms with E-state index in [4.69, 9.17) is 24.2 Å². The van der Waals surface area contributed by atoms with Crippen LogP contribution < -0.4 is 14.2 Å². The number of aromatic nitrogens is 4. The molecule has 504 valence electrons. The zero-order valence-corrected chi connectivity index (χ0v) is 61.6. The number of aromatic amines is 2. The van der Waals surface area contributed by atoms with Crippen LogP contribution in [0.2, 0.25) is 0 Å². The van der Waals surface area contributed by atoms with E-state index in [1.807, 2.05) is 0 Å². The summed E-state index contributed by atoms with van der Waals surface area (Å²) in [5.74, 6) is 6.65. The maximum atomic E-state index is 7.24. The van der Waals surface area contributed by atoms with Crippen molar-refractivity contribution in [3.63, 3.8) is 0 Å². The van der Waals surface area contributed by atoms with Crippen LogP contribution in [-0.2, 0) is 0 Å². The van der Waals surface area contributed by atoms with Gasteiger partial charge in [0.15, 0.2) is 0 Å². The Morgan fingerprint density at radius 3 is 1.07 bits per heavy atom. The molecule has 0 atom stereocenters. The monoisotopic (exact) mass is 1300 g/mol. The number of nitrogens with zero attached hydrogens (tertiary/aromatic N) is 2. The summed E-state index contributed by atoms with van der Waals surface area (Å²) in [6.45, 7) is 31.8. The van der Waals surface area contributed by atoms with Crippen LogP contribution in [0.3, 0.4) is 0 Å². The van der Waals surface area contributed by atoms with Crippen LogP contribution in [0.4, 0.5) is 0 Å². The normalized spacial score (nSPS) is 12.5. The summed E-state index contributed by atoms with van der Waals surface area (Å²) in [5.41, 5.74) is 11.6. The quantitative estimate of drug-likeness (QED) is 0.0299. The van der Waals surface area contributed by atoms with Crippen molar-refractivity contribution >= 4 is 77.9 Å². The highest BCUT2D eigenvalue weighted by Crippen LogP contribution is 2.48. The van der Waals surface area contributed by atoms with E-state index in [-0.39, 0.29) is 18.3 Å². The minimum absolute atomic E-state index is 0.00180. The first kappa shape index (κ1) is 70.9. The number of unbranched alkanes of at least 4 members (excludes halogenated alkanes) is 18. The molecule has 5 heterocycles. The Hall–Kier alpha value is -5.90. The number of fused-ring (bicyclic) bond motifs is 21. The molecular formula is C85H114N4O3S2. The average molecular weight is 1300 g/mol. The van der Waals surface area contributed by atoms with E-state index in [9.17, 15) is 0 Å². The first-order chi connectivity index (χ1) is 45.5. The average Bonchev–Trinajstić information content (AvgIpc) is 1.58. The fourth-order valence-corrected chi connectivity index (χ4v) is 17.2. The minimum Gasteiger partial charge on any atom is -0.489 e. The predicted molar refractivity (Wildman–Crippen MR) is 410 cm³/mol. The van der Waals surface area contributed by atoms with Gasteiger partial charge in [0.05, 0.1) is 39.4 Å². The molecule has 9 heteroatoms. The Kier molecular flexibility index (Phi) is 25.5. The number of ether oxygens (including phenoxy) is 3. The van der Waals surface area contributed by atoms with Crippen molar-refractivity contribution in [1.82, 2.24) is 19.9 Å². The molecule has 8 aromatic rings. The van der Waals surface area contributed by atoms with Gasteiger partial charge in [0.2, 0.25) is 0 Å². The molecule has 5 aromatic carbocycles. The molecule has 0 radical (unpaired) electrons. The summed E-state index contributed by atoms with van der Waals surface area (Å²) < 4.78 is 21.6. The molecule has 8 bridgehead atoms. The second-order valence-electron chi connectivity index (χ2n) is 29.6. The number of benzene rings is 5. The molecule has 94 heavy (non-hydrogen) atoms. The van der Waals surface area contributed by atoms with Crippen LogP contribution >= 0.6 is 23.5 Å². The van der Waals surface area contributed by atoms with Gasteiger partial charge in [-0.05, 0) is 137 Å². The Balaban J connectivity index is 1.17. The predicted octanol–water partition coefficient (Wildman–Crippen LogP) is 26.6. The molecule has 0 saturated carbocycles. The van der Waals surface area contributed by atoms with Gasteiger partial charge in [-0.25, -0.2) is 9.97 Å². The van der Waals surface area contributed by atoms with Crippen LogP contribution in [0.5, 0.6) is 17.2 Å². The first-order valence-corrected chi connectivity index (χ1v) is 39.1. The van der Waals surface area contributed by atoms with Gasteiger partial charge in [-0.15, -0.1) is 23.5 Å². The molecule has 7 nitrogen and oxygen atoms in total. The molecule has 0 fully saturated rings. The molecule has 0 unspecified atom stereocenters. The van der Waals surface area contributed by atoms with Crippen molar-refractivity contribution in [1.29, 1.82) is 0 Å². The third-order valence-electron chi connectivity index (χ3n) is 19.7. The first-order valence-electron chi connectivity index (χ1n) is 37.1. The van der Waals surface area contributed by atoms with Crippen molar-refractivity contribution in [2.75, 3.05) is 11.5 Å². The number of nitrogens with one attached hydrogen (secondary N) is 2. The second kappa shape index (κ2) is 33.9. The maximum Gasteiger partial charge on any atom is 0.129 e. The summed E-state index contributed by atoms with van der Waals surface area (Å²) in [4.78, 5) is 22.4. The van der Waals surface area contributed by atoms with E-state index in [1.165, 1.54) is 149 Å². The van der Waals surface area contributed by atoms with Crippen molar-refractivity contribution in [2.45, 2.75) is 253 Å². The Bertz CT molecular complexity index is 3940. The van der Waals surface area contributed by atoms with Crippen LogP contribution in [0, 0.1) is 35.5 Å². The molecule has 2 aliphatic rings. The standard InChI is InChI=1S/C85H114N4O3S2/c1-15-17-19-21-23-25-27-29-31-33-44-93-78-48-60-46-65-66(47-61(60)49-79(78)94-45-34-32-30-28-26-24-22-20-18-16-2)71-53-74-82-64(40-37-43-77(82)92-85(58(11)12)59(13)14)69(89-74)52-73-81-63(39-36-42-76(81)91-84(56(7)8)57(9)10)68(88-73)51-72-80-62(67(87-72)50-70(65)86-71)38-35-41-75(80)90-83(54(3)4)55(5)6/h35-43,46-59,83-85,87,89H,15-34,44-45H2,1-14H3. The minimum atomic E-state index is -0.00180. The van der Waals surface area contributed by atoms with Crippen molar-refractivity contribution in [3.8, 4) is 62.3 Å². The van der Waals surface area contributed by atoms with E-state index >= 15 is 0 Å². The van der Waals surface area contributed by atoms with Gasteiger partial charge in [0.1, 0.15) is 35.6 Å². The van der Waals surface area contributed by atoms with Crippen LogP contribution in [0.15, 0.2) is 113 Å². The lowest BCUT2D eigenvalue weighted by molar-refractivity contribution is 0.106. The molecule has 3 aromatic heterocycles. The highest BCUT2D eigenvalue weighted by molar-refractivity contribution is 8.02. The fraction of sp³-hybridized carbons (Fsp3) is 0.529. The molecular weight excluding hydrogens is 1190 g/mol. The molecule has 10 rings (SSSR count). The summed E-state index contributed by atoms with van der Waals surface area (Å²) in [5, 5.41) is 6.71. The Morgan fingerprint density at radius 2 is 0.670 bits per heavy atom. The zero-order valence-electron chi connectivity index (χ0n) is 60.0. The highest BCUT2D eigenvalue weighted by Gasteiger charge is 2.29. The van der Waals surface area contributed by atoms with Crippen molar-refractivity contribution in [3.05, 3.63) is 103 Å². The Labute approximate surface area is 574 Å². The lowest BCUT2D eigenvalue weighted by Crippen LogP contribution is -2.29. The summed E-state index contributed by atoms with van der Waals surface area (Å²) >= 11 is 4.15. The topological polar surface area (TPSA) is 85.1 Å². The van der Waals surface area contributed by atoms with Gasteiger partial charge in [0, 0.05) is 59.1 Å². The van der Waals surface area contributed by atoms with Crippen molar-refractivity contribution < 1.29 is 14.2 Å². The molecule has 2 N–H and O–H groups in total. The molecule has 0 amide bonds. The van der Waals surface area contributed by atoms with Crippen LogP contribution in [-0.4, -0.2) is 49.8 Å².